The van der Waals surface area contributed by atoms with Gasteiger partial charge in [-0.25, -0.2) is 18.1 Å². The Bertz CT molecular complexity index is 763. The van der Waals surface area contributed by atoms with Gasteiger partial charge in [-0.1, -0.05) is 0 Å². The molecule has 1 aliphatic rings. The fourth-order valence-electron chi connectivity index (χ4n) is 2.23. The lowest BCUT2D eigenvalue weighted by molar-refractivity contribution is 0.196. The maximum absolute atomic E-state index is 13.3. The van der Waals surface area contributed by atoms with Crippen LogP contribution in [-0.4, -0.2) is 15.8 Å². The van der Waals surface area contributed by atoms with Crippen molar-refractivity contribution in [3.8, 4) is 0 Å². The SMILES string of the molecule is O=C(O)n1c(C2CC2)cc(=O)c2cc(F)c(F)cc21. The zero-order valence-corrected chi connectivity index (χ0v) is 9.69. The van der Waals surface area contributed by atoms with Crippen molar-refractivity contribution in [1.82, 2.24) is 4.57 Å². The van der Waals surface area contributed by atoms with E-state index in [2.05, 4.69) is 0 Å². The summed E-state index contributed by atoms with van der Waals surface area (Å²) in [6.45, 7) is 0. The molecule has 0 aliphatic heterocycles. The highest BCUT2D eigenvalue weighted by Gasteiger charge is 2.29. The Morgan fingerprint density at radius 2 is 1.84 bits per heavy atom. The fourth-order valence-corrected chi connectivity index (χ4v) is 2.23. The molecule has 0 bridgehead atoms. The van der Waals surface area contributed by atoms with Gasteiger partial charge in [-0.05, 0) is 24.8 Å². The van der Waals surface area contributed by atoms with E-state index in [9.17, 15) is 23.5 Å². The van der Waals surface area contributed by atoms with Crippen molar-refractivity contribution in [2.24, 2.45) is 0 Å². The van der Waals surface area contributed by atoms with Crippen LogP contribution in [0.25, 0.3) is 10.9 Å². The Kier molecular flexibility index (Phi) is 2.41. The molecule has 98 valence electrons. The molecule has 3 rings (SSSR count). The summed E-state index contributed by atoms with van der Waals surface area (Å²) in [5, 5.41) is 9.10. The van der Waals surface area contributed by atoms with Gasteiger partial charge in [-0.3, -0.25) is 4.79 Å². The van der Waals surface area contributed by atoms with E-state index < -0.39 is 23.2 Å². The minimum Gasteiger partial charge on any atom is -0.464 e. The van der Waals surface area contributed by atoms with E-state index in [1.54, 1.807) is 0 Å². The molecule has 1 saturated carbocycles. The minimum atomic E-state index is -1.31. The van der Waals surface area contributed by atoms with Gasteiger partial charge in [-0.15, -0.1) is 0 Å². The Morgan fingerprint density at radius 3 is 2.42 bits per heavy atom. The Labute approximate surface area is 105 Å². The molecular formula is C13H9F2NO3. The number of halogens is 2. The molecule has 2 aromatic rings. The van der Waals surface area contributed by atoms with Gasteiger partial charge in [0.2, 0.25) is 0 Å². The highest BCUT2D eigenvalue weighted by molar-refractivity contribution is 5.88. The van der Waals surface area contributed by atoms with Crippen molar-refractivity contribution in [3.05, 3.63) is 45.8 Å². The van der Waals surface area contributed by atoms with Gasteiger partial charge < -0.3 is 5.11 Å². The Balaban J connectivity index is 2.47. The van der Waals surface area contributed by atoms with E-state index in [1.165, 1.54) is 6.07 Å². The molecule has 1 aromatic carbocycles. The van der Waals surface area contributed by atoms with Crippen molar-refractivity contribution < 1.29 is 18.7 Å². The van der Waals surface area contributed by atoms with E-state index in [4.69, 9.17) is 0 Å². The van der Waals surface area contributed by atoms with Crippen LogP contribution in [0.4, 0.5) is 13.6 Å². The number of pyridine rings is 1. The van der Waals surface area contributed by atoms with Gasteiger partial charge in [0.15, 0.2) is 17.1 Å². The Morgan fingerprint density at radius 1 is 1.21 bits per heavy atom. The van der Waals surface area contributed by atoms with Crippen molar-refractivity contribution in [3.63, 3.8) is 0 Å². The third kappa shape index (κ3) is 1.80. The van der Waals surface area contributed by atoms with Crippen molar-refractivity contribution >= 4 is 17.0 Å². The number of fused-ring (bicyclic) bond motifs is 1. The maximum atomic E-state index is 13.3. The molecule has 1 fully saturated rings. The summed E-state index contributed by atoms with van der Waals surface area (Å²) in [6.07, 6.45) is 0.280. The summed E-state index contributed by atoms with van der Waals surface area (Å²) in [6, 6.07) is 2.70. The van der Waals surface area contributed by atoms with Gasteiger partial charge in [0.05, 0.1) is 5.52 Å². The molecule has 0 saturated heterocycles. The second-order valence-corrected chi connectivity index (χ2v) is 4.61. The van der Waals surface area contributed by atoms with E-state index in [0.29, 0.717) is 5.69 Å². The molecule has 1 N–H and O–H groups in total. The van der Waals surface area contributed by atoms with E-state index in [0.717, 1.165) is 29.5 Å². The van der Waals surface area contributed by atoms with Crippen LogP contribution >= 0.6 is 0 Å². The highest BCUT2D eigenvalue weighted by Crippen LogP contribution is 2.40. The zero-order chi connectivity index (χ0) is 13.7. The number of hydrogen-bond donors (Lipinski definition) is 1. The molecular weight excluding hydrogens is 256 g/mol. The molecule has 0 amide bonds. The zero-order valence-electron chi connectivity index (χ0n) is 9.69. The third-order valence-electron chi connectivity index (χ3n) is 3.27. The smallest absolute Gasteiger partial charge is 0.416 e. The van der Waals surface area contributed by atoms with Crippen LogP contribution in [0, 0.1) is 11.6 Å². The molecule has 0 spiro atoms. The molecule has 1 aliphatic carbocycles. The first-order chi connectivity index (χ1) is 8.99. The van der Waals surface area contributed by atoms with Crippen molar-refractivity contribution in [1.29, 1.82) is 0 Å². The standard InChI is InChI=1S/C13H9F2NO3/c14-8-3-7-11(4-9(8)15)16(13(18)19)10(5-12(7)17)6-1-2-6/h3-6H,1-2H2,(H,18,19). The molecule has 1 heterocycles. The van der Waals surface area contributed by atoms with Crippen LogP contribution in [0.5, 0.6) is 0 Å². The topological polar surface area (TPSA) is 59.3 Å². The molecule has 0 unspecified atom stereocenters. The van der Waals surface area contributed by atoms with Crippen LogP contribution in [0.15, 0.2) is 23.0 Å². The third-order valence-corrected chi connectivity index (χ3v) is 3.27. The molecule has 0 radical (unpaired) electrons. The average Bonchev–Trinajstić information content (AvgIpc) is 3.15. The number of hydrogen-bond acceptors (Lipinski definition) is 2. The normalized spacial score (nSPS) is 14.8. The lowest BCUT2D eigenvalue weighted by Crippen LogP contribution is -2.19. The quantitative estimate of drug-likeness (QED) is 0.862. The summed E-state index contributed by atoms with van der Waals surface area (Å²) < 4.78 is 27.3. The number of benzene rings is 1. The molecule has 1 aromatic heterocycles. The fraction of sp³-hybridized carbons (Fsp3) is 0.231. The lowest BCUT2D eigenvalue weighted by atomic mass is 10.1. The van der Waals surface area contributed by atoms with Crippen LogP contribution in [0.1, 0.15) is 24.5 Å². The van der Waals surface area contributed by atoms with Crippen LogP contribution in [-0.2, 0) is 0 Å². The largest absolute Gasteiger partial charge is 0.464 e. The molecule has 6 heteroatoms. The second kappa shape index (κ2) is 3.88. The number of nitrogens with zero attached hydrogens (tertiary/aromatic N) is 1. The number of aromatic nitrogens is 1. The van der Waals surface area contributed by atoms with Crippen molar-refractivity contribution in [2.45, 2.75) is 18.8 Å². The molecule has 19 heavy (non-hydrogen) atoms. The van der Waals surface area contributed by atoms with E-state index >= 15 is 0 Å². The second-order valence-electron chi connectivity index (χ2n) is 4.61. The Hall–Kier alpha value is -2.24. The van der Waals surface area contributed by atoms with Crippen LogP contribution in [0.3, 0.4) is 0 Å². The number of carbonyl (C=O) groups is 1. The van der Waals surface area contributed by atoms with Crippen molar-refractivity contribution in [2.75, 3.05) is 0 Å². The first kappa shape index (κ1) is 11.8. The van der Waals surface area contributed by atoms with E-state index in [-0.39, 0.29) is 16.8 Å². The lowest BCUT2D eigenvalue weighted by Gasteiger charge is -2.12. The van der Waals surface area contributed by atoms with Gasteiger partial charge in [-0.2, -0.15) is 0 Å². The summed E-state index contributed by atoms with van der Waals surface area (Å²) in [4.78, 5) is 23.2. The highest BCUT2D eigenvalue weighted by atomic mass is 19.2. The van der Waals surface area contributed by atoms with Crippen LogP contribution in [0.2, 0.25) is 0 Å². The molecule has 0 atom stereocenters. The monoisotopic (exact) mass is 265 g/mol. The van der Waals surface area contributed by atoms with Gasteiger partial charge in [0.25, 0.3) is 0 Å². The number of rotatable bonds is 1. The summed E-state index contributed by atoms with van der Waals surface area (Å²) in [5.41, 5.74) is -0.259. The first-order valence-corrected chi connectivity index (χ1v) is 5.77. The van der Waals surface area contributed by atoms with Gasteiger partial charge >= 0.3 is 6.09 Å². The summed E-state index contributed by atoms with van der Waals surface area (Å²) in [7, 11) is 0. The van der Waals surface area contributed by atoms with E-state index in [1.807, 2.05) is 0 Å². The van der Waals surface area contributed by atoms with Gasteiger partial charge in [0.1, 0.15) is 0 Å². The predicted molar refractivity (Wildman–Crippen MR) is 63.5 cm³/mol. The predicted octanol–water partition coefficient (Wildman–Crippen LogP) is 2.68. The summed E-state index contributed by atoms with van der Waals surface area (Å²) in [5.74, 6) is -2.34. The van der Waals surface area contributed by atoms with Crippen LogP contribution < -0.4 is 5.43 Å². The average molecular weight is 265 g/mol. The summed E-state index contributed by atoms with van der Waals surface area (Å²) >= 11 is 0. The first-order valence-electron chi connectivity index (χ1n) is 5.77. The maximum Gasteiger partial charge on any atom is 0.416 e. The minimum absolute atomic E-state index is 0.00122. The number of carboxylic acid groups (broad SMARTS) is 1. The van der Waals surface area contributed by atoms with Gasteiger partial charge in [0, 0.05) is 23.2 Å². The molecule has 4 nitrogen and oxygen atoms in total.